The Hall–Kier alpha value is -3.58. The summed E-state index contributed by atoms with van der Waals surface area (Å²) < 4.78 is 16.1. The number of nitrogen functional groups attached to an aromatic ring is 1. The highest BCUT2D eigenvalue weighted by atomic mass is 35.5. The van der Waals surface area contributed by atoms with Gasteiger partial charge in [0, 0.05) is 41.3 Å². The zero-order valence-corrected chi connectivity index (χ0v) is 18.2. The summed E-state index contributed by atoms with van der Waals surface area (Å²) in [5.41, 5.74) is 10.4. The second kappa shape index (κ2) is 8.65. The Bertz CT molecular complexity index is 1150. The normalized spacial score (nSPS) is 12.3. The van der Waals surface area contributed by atoms with Gasteiger partial charge < -0.3 is 30.2 Å². The average molecular weight is 439 g/mol. The fourth-order valence-electron chi connectivity index (χ4n) is 3.46. The summed E-state index contributed by atoms with van der Waals surface area (Å²) in [6, 6.07) is 13.0. The molecule has 2 aromatic carbocycles. The predicted molar refractivity (Wildman–Crippen MR) is 125 cm³/mol. The monoisotopic (exact) mass is 438 g/mol. The van der Waals surface area contributed by atoms with E-state index in [2.05, 4.69) is 15.2 Å². The van der Waals surface area contributed by atoms with Crippen molar-refractivity contribution in [2.45, 2.75) is 6.54 Å². The fourth-order valence-corrected chi connectivity index (χ4v) is 3.63. The zero-order valence-electron chi connectivity index (χ0n) is 17.5. The van der Waals surface area contributed by atoms with E-state index in [0.717, 1.165) is 28.3 Å². The molecule has 3 N–H and O–H groups in total. The number of benzene rings is 2. The van der Waals surface area contributed by atoms with Gasteiger partial charge in [-0.05, 0) is 30.3 Å². The molecule has 0 spiro atoms. The van der Waals surface area contributed by atoms with Crippen LogP contribution in [0.5, 0.6) is 17.2 Å². The van der Waals surface area contributed by atoms with E-state index in [1.54, 1.807) is 33.5 Å². The quantitative estimate of drug-likeness (QED) is 0.555. The van der Waals surface area contributed by atoms with Crippen molar-refractivity contribution in [2.75, 3.05) is 37.3 Å². The number of nitrogens with one attached hydrogen (secondary N) is 1. The van der Waals surface area contributed by atoms with Crippen molar-refractivity contribution in [3.8, 4) is 17.2 Å². The van der Waals surface area contributed by atoms with Gasteiger partial charge in [0.05, 0.1) is 44.3 Å². The highest BCUT2D eigenvalue weighted by molar-refractivity contribution is 6.33. The van der Waals surface area contributed by atoms with Gasteiger partial charge in [-0.25, -0.2) is 4.98 Å². The van der Waals surface area contributed by atoms with Crippen LogP contribution in [0.2, 0.25) is 5.02 Å². The van der Waals surface area contributed by atoms with E-state index in [1.807, 2.05) is 42.6 Å². The summed E-state index contributed by atoms with van der Waals surface area (Å²) >= 11 is 6.40. The number of anilines is 4. The van der Waals surface area contributed by atoms with Gasteiger partial charge >= 0.3 is 0 Å². The molecule has 4 rings (SSSR count). The third-order valence-corrected chi connectivity index (χ3v) is 5.39. The van der Waals surface area contributed by atoms with Crippen LogP contribution in [0.25, 0.3) is 6.08 Å². The van der Waals surface area contributed by atoms with E-state index in [-0.39, 0.29) is 0 Å². The lowest BCUT2D eigenvalue weighted by Gasteiger charge is -2.28. The number of pyridine rings is 1. The molecule has 31 heavy (non-hydrogen) atoms. The molecule has 3 aromatic rings. The molecule has 0 radical (unpaired) electrons. The van der Waals surface area contributed by atoms with Crippen molar-refractivity contribution in [2.24, 2.45) is 0 Å². The molecule has 160 valence electrons. The standard InChI is InChI=1S/C23H23ClN4O3/c1-29-15-5-6-17(24)20(11-15)26-19-12-23(25)27-18-8-9-28(13-16(18)19)14-4-7-21(30-2)22(10-14)31-3/h4-12H,13H2,1-3H3,(H3,25,26,27). The van der Waals surface area contributed by atoms with Gasteiger partial charge in [0.2, 0.25) is 0 Å². The Labute approximate surface area is 186 Å². The number of ether oxygens (including phenoxy) is 3. The van der Waals surface area contributed by atoms with Gasteiger partial charge in [-0.3, -0.25) is 0 Å². The number of nitrogens with zero attached hydrogens (tertiary/aromatic N) is 2. The first-order valence-corrected chi connectivity index (χ1v) is 9.97. The smallest absolute Gasteiger partial charge is 0.162 e. The number of hydrogen-bond acceptors (Lipinski definition) is 7. The van der Waals surface area contributed by atoms with Crippen LogP contribution in [-0.4, -0.2) is 26.3 Å². The second-order valence-corrected chi connectivity index (χ2v) is 7.32. The lowest BCUT2D eigenvalue weighted by Crippen LogP contribution is -2.21. The Morgan fingerprint density at radius 1 is 0.968 bits per heavy atom. The van der Waals surface area contributed by atoms with Crippen molar-refractivity contribution in [3.05, 3.63) is 64.9 Å². The summed E-state index contributed by atoms with van der Waals surface area (Å²) in [5.74, 6) is 2.47. The zero-order chi connectivity index (χ0) is 22.0. The first kappa shape index (κ1) is 20.7. The Balaban J connectivity index is 1.70. The Morgan fingerprint density at radius 3 is 2.52 bits per heavy atom. The first-order chi connectivity index (χ1) is 15.0. The van der Waals surface area contributed by atoms with Crippen LogP contribution in [0.1, 0.15) is 11.3 Å². The molecule has 7 nitrogen and oxygen atoms in total. The van der Waals surface area contributed by atoms with Gasteiger partial charge in [-0.2, -0.15) is 0 Å². The molecule has 0 unspecified atom stereocenters. The third kappa shape index (κ3) is 4.18. The highest BCUT2D eigenvalue weighted by Crippen LogP contribution is 2.37. The topological polar surface area (TPSA) is 81.9 Å². The van der Waals surface area contributed by atoms with Crippen LogP contribution >= 0.6 is 11.6 Å². The Kier molecular flexibility index (Phi) is 5.77. The first-order valence-electron chi connectivity index (χ1n) is 9.59. The van der Waals surface area contributed by atoms with Gasteiger partial charge in [-0.15, -0.1) is 0 Å². The molecule has 8 heteroatoms. The second-order valence-electron chi connectivity index (χ2n) is 6.91. The number of hydrogen-bond donors (Lipinski definition) is 2. The molecule has 1 aliphatic heterocycles. The molecule has 2 heterocycles. The van der Waals surface area contributed by atoms with Crippen molar-refractivity contribution in [3.63, 3.8) is 0 Å². The van der Waals surface area contributed by atoms with Gasteiger partial charge in [0.1, 0.15) is 11.6 Å². The minimum atomic E-state index is 0.421. The van der Waals surface area contributed by atoms with Crippen molar-refractivity contribution < 1.29 is 14.2 Å². The van der Waals surface area contributed by atoms with Gasteiger partial charge in [-0.1, -0.05) is 11.6 Å². The average Bonchev–Trinajstić information content (AvgIpc) is 2.79. The maximum absolute atomic E-state index is 6.40. The van der Waals surface area contributed by atoms with Crippen LogP contribution in [0.3, 0.4) is 0 Å². The van der Waals surface area contributed by atoms with E-state index >= 15 is 0 Å². The predicted octanol–water partition coefficient (Wildman–Crippen LogP) is 5.08. The summed E-state index contributed by atoms with van der Waals surface area (Å²) in [5, 5.41) is 3.97. The molecule has 0 aliphatic carbocycles. The highest BCUT2D eigenvalue weighted by Gasteiger charge is 2.20. The SMILES string of the molecule is COc1ccc(Cl)c(Nc2cc(N)nc3c2CN(c2ccc(OC)c(OC)c2)C=C3)c1. The van der Waals surface area contributed by atoms with E-state index < -0.39 is 0 Å². The molecule has 0 amide bonds. The summed E-state index contributed by atoms with van der Waals surface area (Å²) in [6.07, 6.45) is 3.91. The number of rotatable bonds is 6. The number of aromatic nitrogens is 1. The lowest BCUT2D eigenvalue weighted by atomic mass is 10.1. The van der Waals surface area contributed by atoms with Gasteiger partial charge in [0.25, 0.3) is 0 Å². The molecular formula is C23H23ClN4O3. The maximum Gasteiger partial charge on any atom is 0.162 e. The van der Waals surface area contributed by atoms with Crippen LogP contribution in [0, 0.1) is 0 Å². The number of methoxy groups -OCH3 is 3. The summed E-state index contributed by atoms with van der Waals surface area (Å²) in [7, 11) is 4.85. The number of nitrogens with two attached hydrogens (primary N) is 1. The number of halogens is 1. The maximum atomic E-state index is 6.40. The number of fused-ring (bicyclic) bond motifs is 1. The summed E-state index contributed by atoms with van der Waals surface area (Å²) in [6.45, 7) is 0.582. The molecule has 0 fully saturated rings. The molecule has 0 atom stereocenters. The largest absolute Gasteiger partial charge is 0.497 e. The molecule has 1 aliphatic rings. The minimum absolute atomic E-state index is 0.421. The van der Waals surface area contributed by atoms with Crippen LogP contribution < -0.4 is 30.2 Å². The minimum Gasteiger partial charge on any atom is -0.497 e. The van der Waals surface area contributed by atoms with E-state index in [1.165, 1.54) is 0 Å². The lowest BCUT2D eigenvalue weighted by molar-refractivity contribution is 0.355. The van der Waals surface area contributed by atoms with Gasteiger partial charge in [0.15, 0.2) is 11.5 Å². The fraction of sp³-hybridized carbons (Fsp3) is 0.174. The van der Waals surface area contributed by atoms with Crippen molar-refractivity contribution >= 4 is 40.6 Å². The molecule has 0 bridgehead atoms. The molecule has 0 saturated heterocycles. The van der Waals surface area contributed by atoms with E-state index in [4.69, 9.17) is 31.5 Å². The molecular weight excluding hydrogens is 416 g/mol. The molecule has 0 saturated carbocycles. The van der Waals surface area contributed by atoms with Crippen LogP contribution in [-0.2, 0) is 6.54 Å². The Morgan fingerprint density at radius 2 is 1.77 bits per heavy atom. The third-order valence-electron chi connectivity index (χ3n) is 5.06. The van der Waals surface area contributed by atoms with Crippen molar-refractivity contribution in [1.29, 1.82) is 0 Å². The van der Waals surface area contributed by atoms with Crippen LogP contribution in [0.4, 0.5) is 22.9 Å². The molecule has 1 aromatic heterocycles. The van der Waals surface area contributed by atoms with Crippen LogP contribution in [0.15, 0.2) is 48.7 Å². The van der Waals surface area contributed by atoms with Crippen molar-refractivity contribution in [1.82, 2.24) is 4.98 Å². The van der Waals surface area contributed by atoms with E-state index in [0.29, 0.717) is 34.6 Å². The van der Waals surface area contributed by atoms with E-state index in [9.17, 15) is 0 Å². The summed E-state index contributed by atoms with van der Waals surface area (Å²) in [4.78, 5) is 6.58.